The van der Waals surface area contributed by atoms with E-state index in [4.69, 9.17) is 4.55 Å². The lowest BCUT2D eigenvalue weighted by Crippen LogP contribution is -2.10. The van der Waals surface area contributed by atoms with Gasteiger partial charge in [-0.05, 0) is 29.7 Å². The Morgan fingerprint density at radius 2 is 1.65 bits per heavy atom. The number of phenolic OH excluding ortho intramolecular Hbond substituents is 2. The Balaban J connectivity index is 2.12. The normalized spacial score (nSPS) is 11.6. The number of rotatable bonds is 6. The molecule has 0 radical (unpaired) electrons. The van der Waals surface area contributed by atoms with E-state index >= 15 is 0 Å². The van der Waals surface area contributed by atoms with Crippen molar-refractivity contribution in [2.45, 2.75) is 0 Å². The molecule has 0 aromatic heterocycles. The highest BCUT2D eigenvalue weighted by Crippen LogP contribution is 2.42. The molecular weight excluding hydrogens is 438 g/mol. The molecule has 3 rings (SSSR count). The third-order valence-electron chi connectivity index (χ3n) is 3.94. The van der Waals surface area contributed by atoms with Gasteiger partial charge in [-0.25, -0.2) is 0 Å². The number of nitrogens with zero attached hydrogens (tertiary/aromatic N) is 4. The number of fused-ring (bicyclic) bond motifs is 1. The van der Waals surface area contributed by atoms with Gasteiger partial charge >= 0.3 is 16.0 Å². The number of hydrogen-bond acceptors (Lipinski definition) is 10. The Morgan fingerprint density at radius 3 is 2.26 bits per heavy atom. The molecule has 0 amide bonds. The number of nitrogens with one attached hydrogen (secondary N) is 1. The van der Waals surface area contributed by atoms with Gasteiger partial charge in [-0.2, -0.15) is 8.42 Å². The molecule has 0 saturated carbocycles. The summed E-state index contributed by atoms with van der Waals surface area (Å²) in [4.78, 5) is 20.1. The van der Waals surface area contributed by atoms with Crippen molar-refractivity contribution >= 4 is 49.5 Å². The first-order valence-electron chi connectivity index (χ1n) is 8.05. The van der Waals surface area contributed by atoms with Crippen molar-refractivity contribution in [3.8, 4) is 11.5 Å². The van der Waals surface area contributed by atoms with Crippen molar-refractivity contribution in [3.05, 3.63) is 62.7 Å². The van der Waals surface area contributed by atoms with Crippen LogP contribution in [-0.2, 0) is 10.3 Å². The van der Waals surface area contributed by atoms with Gasteiger partial charge in [0, 0.05) is 11.5 Å². The lowest BCUT2D eigenvalue weighted by molar-refractivity contribution is -0.394. The third-order valence-corrected chi connectivity index (χ3v) is 4.43. The summed E-state index contributed by atoms with van der Waals surface area (Å²) in [6.07, 6.45) is 0. The van der Waals surface area contributed by atoms with Crippen LogP contribution in [0.3, 0.4) is 0 Å². The molecule has 14 nitrogen and oxygen atoms in total. The maximum Gasteiger partial charge on any atom is 0.357 e. The van der Waals surface area contributed by atoms with E-state index in [0.717, 1.165) is 6.07 Å². The van der Waals surface area contributed by atoms with Crippen molar-refractivity contribution in [3.63, 3.8) is 0 Å². The second kappa shape index (κ2) is 7.81. The summed E-state index contributed by atoms with van der Waals surface area (Å²) in [5.74, 6) is -1.34. The van der Waals surface area contributed by atoms with Gasteiger partial charge in [0.05, 0.1) is 21.6 Å². The van der Waals surface area contributed by atoms with Crippen LogP contribution in [0, 0.1) is 20.2 Å². The van der Waals surface area contributed by atoms with Gasteiger partial charge in [0.1, 0.15) is 17.1 Å². The molecule has 31 heavy (non-hydrogen) atoms. The molecule has 4 N–H and O–H groups in total. The van der Waals surface area contributed by atoms with Crippen molar-refractivity contribution in [2.75, 3.05) is 4.72 Å². The van der Waals surface area contributed by atoms with Gasteiger partial charge in [0.15, 0.2) is 0 Å². The Labute approximate surface area is 172 Å². The van der Waals surface area contributed by atoms with Crippen molar-refractivity contribution in [1.29, 1.82) is 0 Å². The average molecular weight is 449 g/mol. The second-order valence-corrected chi connectivity index (χ2v) is 7.15. The Hall–Kier alpha value is -4.37. The third kappa shape index (κ3) is 4.62. The zero-order valence-electron chi connectivity index (χ0n) is 15.0. The molecule has 3 aromatic carbocycles. The number of azo groups is 1. The van der Waals surface area contributed by atoms with Crippen molar-refractivity contribution in [2.24, 2.45) is 10.2 Å². The summed E-state index contributed by atoms with van der Waals surface area (Å²) >= 11 is 0. The van der Waals surface area contributed by atoms with Crippen LogP contribution in [0.2, 0.25) is 0 Å². The van der Waals surface area contributed by atoms with Gasteiger partial charge in [-0.15, -0.1) is 10.2 Å². The molecule has 0 heterocycles. The molecule has 0 spiro atoms. The van der Waals surface area contributed by atoms with Crippen molar-refractivity contribution in [1.82, 2.24) is 0 Å². The van der Waals surface area contributed by atoms with Crippen LogP contribution in [0.4, 0.5) is 28.4 Å². The van der Waals surface area contributed by atoms with Gasteiger partial charge in [-0.1, -0.05) is 6.07 Å². The zero-order valence-corrected chi connectivity index (χ0v) is 15.8. The topological polar surface area (TPSA) is 218 Å². The van der Waals surface area contributed by atoms with Crippen molar-refractivity contribution < 1.29 is 33.0 Å². The number of nitro groups is 2. The molecule has 160 valence electrons. The van der Waals surface area contributed by atoms with E-state index in [0.29, 0.717) is 11.5 Å². The molecule has 0 bridgehead atoms. The van der Waals surface area contributed by atoms with Crippen LogP contribution in [0.5, 0.6) is 11.5 Å². The van der Waals surface area contributed by atoms with E-state index in [1.165, 1.54) is 30.3 Å². The minimum absolute atomic E-state index is 0.00975. The molecule has 0 saturated heterocycles. The van der Waals surface area contributed by atoms with E-state index in [1.807, 2.05) is 4.72 Å². The number of hydrogen-bond donors (Lipinski definition) is 4. The molecule has 0 aliphatic carbocycles. The first-order chi connectivity index (χ1) is 14.5. The molecule has 0 aliphatic rings. The van der Waals surface area contributed by atoms with E-state index < -0.39 is 43.0 Å². The fourth-order valence-corrected chi connectivity index (χ4v) is 3.06. The highest BCUT2D eigenvalue weighted by molar-refractivity contribution is 7.87. The number of non-ortho nitro benzene ring substituents is 1. The first-order valence-corrected chi connectivity index (χ1v) is 9.49. The van der Waals surface area contributed by atoms with Gasteiger partial charge in [-0.3, -0.25) is 29.5 Å². The molecule has 15 heteroatoms. The Kier molecular flexibility index (Phi) is 5.37. The predicted octanol–water partition coefficient (Wildman–Crippen LogP) is 3.70. The van der Waals surface area contributed by atoms with E-state index in [-0.39, 0.29) is 22.5 Å². The van der Waals surface area contributed by atoms with Crippen LogP contribution in [0.25, 0.3) is 10.8 Å². The molecular formula is C16H11N5O9S. The minimum atomic E-state index is -4.52. The van der Waals surface area contributed by atoms with Crippen LogP contribution < -0.4 is 4.72 Å². The van der Waals surface area contributed by atoms with Crippen LogP contribution in [0.15, 0.2) is 52.7 Å². The number of anilines is 1. The van der Waals surface area contributed by atoms with E-state index in [1.54, 1.807) is 0 Å². The van der Waals surface area contributed by atoms with E-state index in [9.17, 15) is 38.9 Å². The molecule has 0 unspecified atom stereocenters. The van der Waals surface area contributed by atoms with Gasteiger partial charge < -0.3 is 10.2 Å². The fourth-order valence-electron chi connectivity index (χ4n) is 2.63. The summed E-state index contributed by atoms with van der Waals surface area (Å²) in [6, 6.07) is 7.85. The maximum atomic E-state index is 11.0. The van der Waals surface area contributed by atoms with E-state index in [2.05, 4.69) is 10.2 Å². The number of benzene rings is 3. The number of nitro benzene ring substituents is 2. The Bertz CT molecular complexity index is 1370. The lowest BCUT2D eigenvalue weighted by atomic mass is 10.1. The smallest absolute Gasteiger partial charge is 0.357 e. The largest absolute Gasteiger partial charge is 0.506 e. The highest BCUT2D eigenvalue weighted by Gasteiger charge is 2.24. The molecule has 0 atom stereocenters. The van der Waals surface area contributed by atoms with Crippen LogP contribution in [-0.4, -0.2) is 33.0 Å². The summed E-state index contributed by atoms with van der Waals surface area (Å²) in [5.41, 5.74) is -2.39. The summed E-state index contributed by atoms with van der Waals surface area (Å²) in [7, 11) is -4.52. The summed E-state index contributed by atoms with van der Waals surface area (Å²) in [6.45, 7) is 0. The highest BCUT2D eigenvalue weighted by atomic mass is 32.2. The predicted molar refractivity (Wildman–Crippen MR) is 106 cm³/mol. The average Bonchev–Trinajstić information content (AvgIpc) is 2.66. The number of aromatic hydroxyl groups is 2. The Morgan fingerprint density at radius 1 is 0.935 bits per heavy atom. The summed E-state index contributed by atoms with van der Waals surface area (Å²) in [5, 5.41) is 50.1. The standard InChI is InChI=1S/C16H11N5O9S/c22-14-4-1-8-5-9(19-31(28,29)30)2-3-11(8)15(14)18-17-12-6-10(20(24)25)7-13(16(12)23)21(26)27/h1-7,19,22-23H,(H,28,29,30). The molecule has 0 fully saturated rings. The molecule has 0 aliphatic heterocycles. The second-order valence-electron chi connectivity index (χ2n) is 5.99. The SMILES string of the molecule is O=[N+]([O-])c1cc(N=Nc2c(O)ccc3cc(NS(=O)(=O)O)ccc23)c(O)c([N+](=O)[O-])c1. The van der Waals surface area contributed by atoms with Gasteiger partial charge in [0.25, 0.3) is 5.69 Å². The quantitative estimate of drug-likeness (QED) is 0.186. The van der Waals surface area contributed by atoms with Crippen LogP contribution >= 0.6 is 0 Å². The molecule has 3 aromatic rings. The lowest BCUT2D eigenvalue weighted by Gasteiger charge is -2.07. The summed E-state index contributed by atoms with van der Waals surface area (Å²) < 4.78 is 32.6. The van der Waals surface area contributed by atoms with Gasteiger partial charge in [0.2, 0.25) is 5.75 Å². The zero-order chi connectivity index (χ0) is 22.9. The number of phenols is 2. The monoisotopic (exact) mass is 449 g/mol. The first kappa shape index (κ1) is 21.3. The maximum absolute atomic E-state index is 11.0. The fraction of sp³-hybridized carbons (Fsp3) is 0. The minimum Gasteiger partial charge on any atom is -0.506 e. The van der Waals surface area contributed by atoms with Crippen LogP contribution in [0.1, 0.15) is 0 Å².